The largest absolute Gasteiger partial charge is 0.466 e. The van der Waals surface area contributed by atoms with Gasteiger partial charge in [0.15, 0.2) is 0 Å². The number of carbonyl (C=O) groups excluding carboxylic acids is 1. The lowest BCUT2D eigenvalue weighted by atomic mass is 10.1. The summed E-state index contributed by atoms with van der Waals surface area (Å²) in [5, 5.41) is 0. The summed E-state index contributed by atoms with van der Waals surface area (Å²) in [5.74, 6) is -0.259. The van der Waals surface area contributed by atoms with Crippen LogP contribution >= 0.6 is 0 Å². The molecule has 0 fully saturated rings. The van der Waals surface area contributed by atoms with E-state index in [1.807, 2.05) is 6.08 Å². The normalized spacial score (nSPS) is 10.5. The zero-order valence-electron chi connectivity index (χ0n) is 8.01. The van der Waals surface area contributed by atoms with Crippen molar-refractivity contribution in [3.63, 3.8) is 0 Å². The number of esters is 1. The van der Waals surface area contributed by atoms with Crippen molar-refractivity contribution in [1.29, 1.82) is 0 Å². The number of hydrogen-bond donors (Lipinski definition) is 0. The molecular formula is C10H18O2. The van der Waals surface area contributed by atoms with Crippen molar-refractivity contribution in [3.8, 4) is 0 Å². The Morgan fingerprint density at radius 2 is 2.08 bits per heavy atom. The van der Waals surface area contributed by atoms with Crippen molar-refractivity contribution in [2.45, 2.75) is 39.0 Å². The summed E-state index contributed by atoms with van der Waals surface area (Å²) >= 11 is 0. The van der Waals surface area contributed by atoms with Crippen LogP contribution in [0, 0.1) is 0 Å². The SMILES string of the molecule is CCCCCC/C=C\C(=O)OC. The van der Waals surface area contributed by atoms with Gasteiger partial charge in [-0.05, 0) is 12.8 Å². The van der Waals surface area contributed by atoms with Crippen LogP contribution in [0.1, 0.15) is 39.0 Å². The van der Waals surface area contributed by atoms with Gasteiger partial charge in [-0.2, -0.15) is 0 Å². The van der Waals surface area contributed by atoms with Gasteiger partial charge < -0.3 is 4.74 Å². The van der Waals surface area contributed by atoms with E-state index in [1.165, 1.54) is 38.9 Å². The Morgan fingerprint density at radius 1 is 1.33 bits per heavy atom. The Hall–Kier alpha value is -0.790. The van der Waals surface area contributed by atoms with Crippen molar-refractivity contribution in [1.82, 2.24) is 0 Å². The topological polar surface area (TPSA) is 26.3 Å². The van der Waals surface area contributed by atoms with E-state index in [0.29, 0.717) is 0 Å². The minimum absolute atomic E-state index is 0.259. The third-order valence-corrected chi connectivity index (χ3v) is 1.68. The number of unbranched alkanes of at least 4 members (excludes halogenated alkanes) is 4. The van der Waals surface area contributed by atoms with Gasteiger partial charge in [0, 0.05) is 6.08 Å². The first-order chi connectivity index (χ1) is 5.81. The number of hydrogen-bond acceptors (Lipinski definition) is 2. The molecule has 0 N–H and O–H groups in total. The Kier molecular flexibility index (Phi) is 7.76. The van der Waals surface area contributed by atoms with E-state index in [9.17, 15) is 4.79 Å². The quantitative estimate of drug-likeness (QED) is 0.348. The van der Waals surface area contributed by atoms with Gasteiger partial charge in [-0.1, -0.05) is 32.3 Å². The molecule has 12 heavy (non-hydrogen) atoms. The molecule has 0 saturated carbocycles. The van der Waals surface area contributed by atoms with Crippen LogP contribution in [-0.2, 0) is 9.53 Å². The van der Waals surface area contributed by atoms with Crippen LogP contribution in [0.15, 0.2) is 12.2 Å². The zero-order chi connectivity index (χ0) is 9.23. The van der Waals surface area contributed by atoms with Crippen LogP contribution in [0.5, 0.6) is 0 Å². The molecule has 0 aliphatic rings. The Labute approximate surface area is 74.6 Å². The van der Waals surface area contributed by atoms with Gasteiger partial charge in [-0.15, -0.1) is 0 Å². The Bertz CT molecular complexity index is 139. The van der Waals surface area contributed by atoms with Crippen LogP contribution < -0.4 is 0 Å². The molecule has 2 nitrogen and oxygen atoms in total. The van der Waals surface area contributed by atoms with E-state index < -0.39 is 0 Å². The van der Waals surface area contributed by atoms with Crippen molar-refractivity contribution in [3.05, 3.63) is 12.2 Å². The third-order valence-electron chi connectivity index (χ3n) is 1.68. The van der Waals surface area contributed by atoms with E-state index in [4.69, 9.17) is 0 Å². The molecule has 70 valence electrons. The van der Waals surface area contributed by atoms with Crippen molar-refractivity contribution < 1.29 is 9.53 Å². The highest BCUT2D eigenvalue weighted by Gasteiger charge is 1.89. The molecule has 0 aliphatic heterocycles. The van der Waals surface area contributed by atoms with Crippen molar-refractivity contribution >= 4 is 5.97 Å². The number of ether oxygens (including phenoxy) is 1. The van der Waals surface area contributed by atoms with Crippen LogP contribution in [0.4, 0.5) is 0 Å². The molecular weight excluding hydrogens is 152 g/mol. The zero-order valence-corrected chi connectivity index (χ0v) is 8.01. The van der Waals surface area contributed by atoms with Crippen LogP contribution in [0.25, 0.3) is 0 Å². The molecule has 0 aromatic rings. The summed E-state index contributed by atoms with van der Waals surface area (Å²) in [6, 6.07) is 0. The highest BCUT2D eigenvalue weighted by molar-refractivity contribution is 5.81. The van der Waals surface area contributed by atoms with Crippen LogP contribution in [-0.4, -0.2) is 13.1 Å². The van der Waals surface area contributed by atoms with Crippen LogP contribution in [0.3, 0.4) is 0 Å². The maximum absolute atomic E-state index is 10.6. The van der Waals surface area contributed by atoms with E-state index in [0.717, 1.165) is 6.42 Å². The second kappa shape index (κ2) is 8.31. The minimum atomic E-state index is -0.259. The fraction of sp³-hybridized carbons (Fsp3) is 0.700. The lowest BCUT2D eigenvalue weighted by molar-refractivity contribution is -0.134. The first-order valence-electron chi connectivity index (χ1n) is 4.55. The molecule has 0 unspecified atom stereocenters. The summed E-state index contributed by atoms with van der Waals surface area (Å²) < 4.78 is 4.45. The standard InChI is InChI=1S/C10H18O2/c1-3-4-5-6-7-8-9-10(11)12-2/h8-9H,3-7H2,1-2H3/b9-8-. The van der Waals surface area contributed by atoms with Gasteiger partial charge >= 0.3 is 5.97 Å². The summed E-state index contributed by atoms with van der Waals surface area (Å²) in [6.07, 6.45) is 9.30. The third kappa shape index (κ3) is 7.32. The molecule has 0 heterocycles. The summed E-state index contributed by atoms with van der Waals surface area (Å²) in [5.41, 5.74) is 0. The monoisotopic (exact) mass is 170 g/mol. The number of allylic oxidation sites excluding steroid dienone is 1. The highest BCUT2D eigenvalue weighted by Crippen LogP contribution is 2.02. The molecule has 0 saturated heterocycles. The van der Waals surface area contributed by atoms with Gasteiger partial charge in [0.2, 0.25) is 0 Å². The van der Waals surface area contributed by atoms with Gasteiger partial charge in [0.25, 0.3) is 0 Å². The number of methoxy groups -OCH3 is 1. The van der Waals surface area contributed by atoms with E-state index in [-0.39, 0.29) is 5.97 Å². The molecule has 0 atom stereocenters. The molecule has 0 bridgehead atoms. The molecule has 0 spiro atoms. The number of rotatable bonds is 6. The molecule has 0 amide bonds. The number of carbonyl (C=O) groups is 1. The lowest BCUT2D eigenvalue weighted by Gasteiger charge is -1.93. The molecule has 0 aromatic heterocycles. The summed E-state index contributed by atoms with van der Waals surface area (Å²) in [6.45, 7) is 2.18. The van der Waals surface area contributed by atoms with E-state index >= 15 is 0 Å². The van der Waals surface area contributed by atoms with E-state index in [2.05, 4.69) is 11.7 Å². The maximum Gasteiger partial charge on any atom is 0.330 e. The molecule has 2 heteroatoms. The fourth-order valence-corrected chi connectivity index (χ4v) is 0.937. The summed E-state index contributed by atoms with van der Waals surface area (Å²) in [4.78, 5) is 10.6. The Balaban J connectivity index is 3.18. The van der Waals surface area contributed by atoms with Crippen molar-refractivity contribution in [2.75, 3.05) is 7.11 Å². The fourth-order valence-electron chi connectivity index (χ4n) is 0.937. The first kappa shape index (κ1) is 11.2. The second-order valence-corrected chi connectivity index (χ2v) is 2.77. The molecule has 0 rings (SSSR count). The average molecular weight is 170 g/mol. The first-order valence-corrected chi connectivity index (χ1v) is 4.55. The summed E-state index contributed by atoms with van der Waals surface area (Å²) in [7, 11) is 1.39. The predicted octanol–water partition coefficient (Wildman–Crippen LogP) is 2.69. The van der Waals surface area contributed by atoms with Crippen molar-refractivity contribution in [2.24, 2.45) is 0 Å². The smallest absolute Gasteiger partial charge is 0.330 e. The van der Waals surface area contributed by atoms with E-state index in [1.54, 1.807) is 0 Å². The molecule has 0 radical (unpaired) electrons. The molecule has 0 aromatic carbocycles. The molecule has 0 aliphatic carbocycles. The lowest BCUT2D eigenvalue weighted by Crippen LogP contribution is -1.93. The average Bonchev–Trinajstić information content (AvgIpc) is 2.10. The van der Waals surface area contributed by atoms with Gasteiger partial charge in [-0.25, -0.2) is 4.79 Å². The van der Waals surface area contributed by atoms with Crippen LogP contribution in [0.2, 0.25) is 0 Å². The Morgan fingerprint density at radius 3 is 2.67 bits per heavy atom. The van der Waals surface area contributed by atoms with Gasteiger partial charge in [0.1, 0.15) is 0 Å². The maximum atomic E-state index is 10.6. The van der Waals surface area contributed by atoms with Gasteiger partial charge in [-0.3, -0.25) is 0 Å². The minimum Gasteiger partial charge on any atom is -0.466 e. The predicted molar refractivity (Wildman–Crippen MR) is 49.9 cm³/mol. The highest BCUT2D eigenvalue weighted by atomic mass is 16.5. The second-order valence-electron chi connectivity index (χ2n) is 2.77. The van der Waals surface area contributed by atoms with Gasteiger partial charge in [0.05, 0.1) is 7.11 Å².